The molecule has 0 atom stereocenters. The number of piperazine rings is 1. The van der Waals surface area contributed by atoms with E-state index >= 15 is 0 Å². The van der Waals surface area contributed by atoms with E-state index in [1.54, 1.807) is 25.3 Å². The van der Waals surface area contributed by atoms with E-state index in [2.05, 4.69) is 19.7 Å². The Morgan fingerprint density at radius 1 is 1.10 bits per heavy atom. The quantitative estimate of drug-likeness (QED) is 0.676. The summed E-state index contributed by atoms with van der Waals surface area (Å²) in [5, 5.41) is 3.26. The van der Waals surface area contributed by atoms with Gasteiger partial charge in [-0.05, 0) is 42.5 Å². The fraction of sp³-hybridized carbons (Fsp3) is 0.333. The Hall–Kier alpha value is -2.30. The smallest absolute Gasteiger partial charge is 0.387 e. The molecule has 0 spiro atoms. The molecule has 0 bridgehead atoms. The molecule has 1 aliphatic heterocycles. The first kappa shape index (κ1) is 23.0. The molecular weight excluding hydrogens is 428 g/mol. The van der Waals surface area contributed by atoms with Crippen LogP contribution in [0.25, 0.3) is 0 Å². The number of nitrogens with zero attached hydrogens (tertiary/aromatic N) is 1. The lowest BCUT2D eigenvalue weighted by molar-refractivity contribution is -0.0498. The van der Waals surface area contributed by atoms with Crippen LogP contribution in [0.4, 0.5) is 20.2 Å². The largest absolute Gasteiger partial charge is 0.495 e. The number of rotatable bonds is 7. The maximum Gasteiger partial charge on any atom is 0.387 e. The van der Waals surface area contributed by atoms with E-state index in [0.29, 0.717) is 11.4 Å². The predicted molar refractivity (Wildman–Crippen MR) is 109 cm³/mol. The van der Waals surface area contributed by atoms with Crippen molar-refractivity contribution >= 4 is 33.8 Å². The van der Waals surface area contributed by atoms with Crippen LogP contribution in [0.5, 0.6) is 11.5 Å². The second-order valence-electron chi connectivity index (χ2n) is 6.08. The second kappa shape index (κ2) is 9.95. The van der Waals surface area contributed by atoms with Gasteiger partial charge in [-0.2, -0.15) is 8.78 Å². The highest BCUT2D eigenvalue weighted by Gasteiger charge is 2.19. The Morgan fingerprint density at radius 2 is 1.76 bits per heavy atom. The summed E-state index contributed by atoms with van der Waals surface area (Å²) in [6.07, 6.45) is 0. The van der Waals surface area contributed by atoms with Gasteiger partial charge in [0.2, 0.25) is 0 Å². The van der Waals surface area contributed by atoms with Crippen LogP contribution < -0.4 is 24.4 Å². The van der Waals surface area contributed by atoms with Crippen LogP contribution in [-0.4, -0.2) is 48.3 Å². The number of hydrogen-bond acceptors (Lipinski definition) is 6. The van der Waals surface area contributed by atoms with E-state index in [1.807, 2.05) is 0 Å². The lowest BCUT2D eigenvalue weighted by Gasteiger charge is -2.31. The van der Waals surface area contributed by atoms with Crippen molar-refractivity contribution in [2.24, 2.45) is 0 Å². The molecule has 1 fully saturated rings. The first-order valence-electron chi connectivity index (χ1n) is 8.60. The normalized spacial score (nSPS) is 14.3. The topological polar surface area (TPSA) is 79.9 Å². The lowest BCUT2D eigenvalue weighted by atomic mass is 10.2. The molecule has 0 radical (unpaired) electrons. The summed E-state index contributed by atoms with van der Waals surface area (Å²) in [5.41, 5.74) is 1.17. The highest BCUT2D eigenvalue weighted by molar-refractivity contribution is 7.92. The maximum atomic E-state index is 12.6. The van der Waals surface area contributed by atoms with Crippen LogP contribution in [-0.2, 0) is 10.0 Å². The Balaban J connectivity index is 0.00000300. The van der Waals surface area contributed by atoms with E-state index in [4.69, 9.17) is 4.74 Å². The zero-order valence-corrected chi connectivity index (χ0v) is 17.2. The molecule has 1 heterocycles. The van der Waals surface area contributed by atoms with Gasteiger partial charge in [-0.25, -0.2) is 8.42 Å². The van der Waals surface area contributed by atoms with Gasteiger partial charge in [-0.1, -0.05) is 0 Å². The summed E-state index contributed by atoms with van der Waals surface area (Å²) in [5.74, 6) is 0.540. The van der Waals surface area contributed by atoms with Crippen molar-refractivity contribution in [3.05, 3.63) is 42.5 Å². The van der Waals surface area contributed by atoms with Crippen LogP contribution in [0.1, 0.15) is 0 Å². The molecule has 11 heteroatoms. The molecule has 160 valence electrons. The van der Waals surface area contributed by atoms with Crippen LogP contribution in [0.2, 0.25) is 0 Å². The van der Waals surface area contributed by atoms with Crippen LogP contribution in [0.3, 0.4) is 0 Å². The van der Waals surface area contributed by atoms with Gasteiger partial charge in [0, 0.05) is 26.2 Å². The van der Waals surface area contributed by atoms with Crippen molar-refractivity contribution in [1.29, 1.82) is 0 Å². The third kappa shape index (κ3) is 5.84. The minimum absolute atomic E-state index is 0. The highest BCUT2D eigenvalue weighted by Crippen LogP contribution is 2.32. The lowest BCUT2D eigenvalue weighted by Crippen LogP contribution is -2.43. The third-order valence-electron chi connectivity index (χ3n) is 4.25. The number of ether oxygens (including phenoxy) is 2. The van der Waals surface area contributed by atoms with Crippen molar-refractivity contribution in [3.63, 3.8) is 0 Å². The van der Waals surface area contributed by atoms with Gasteiger partial charge in [-0.3, -0.25) is 4.72 Å². The van der Waals surface area contributed by atoms with Crippen molar-refractivity contribution < 1.29 is 26.7 Å². The Morgan fingerprint density at radius 3 is 2.34 bits per heavy atom. The second-order valence-corrected chi connectivity index (χ2v) is 7.76. The average molecular weight is 450 g/mol. The number of halogens is 3. The first-order valence-corrected chi connectivity index (χ1v) is 10.1. The number of methoxy groups -OCH3 is 1. The maximum absolute atomic E-state index is 12.6. The van der Waals surface area contributed by atoms with Crippen LogP contribution in [0.15, 0.2) is 47.4 Å². The van der Waals surface area contributed by atoms with Gasteiger partial charge in [0.1, 0.15) is 11.5 Å². The molecule has 3 rings (SSSR count). The zero-order chi connectivity index (χ0) is 20.1. The zero-order valence-electron chi connectivity index (χ0n) is 15.6. The van der Waals surface area contributed by atoms with Gasteiger partial charge in [0.25, 0.3) is 10.0 Å². The third-order valence-corrected chi connectivity index (χ3v) is 5.65. The van der Waals surface area contributed by atoms with Gasteiger partial charge >= 0.3 is 6.61 Å². The number of hydrogen-bond donors (Lipinski definition) is 2. The Kier molecular flexibility index (Phi) is 7.88. The van der Waals surface area contributed by atoms with Crippen molar-refractivity contribution in [2.75, 3.05) is 42.9 Å². The molecule has 0 aromatic heterocycles. The summed E-state index contributed by atoms with van der Waals surface area (Å²) in [7, 11) is -2.33. The van der Waals surface area contributed by atoms with Gasteiger partial charge in [-0.15, -0.1) is 12.4 Å². The van der Waals surface area contributed by atoms with E-state index < -0.39 is 16.6 Å². The predicted octanol–water partition coefficient (Wildman–Crippen LogP) is 2.93. The molecule has 0 unspecified atom stereocenters. The molecular formula is C18H22ClF2N3O4S. The first-order chi connectivity index (χ1) is 13.4. The van der Waals surface area contributed by atoms with Gasteiger partial charge in [0.15, 0.2) is 0 Å². The number of nitrogens with one attached hydrogen (secondary N) is 2. The average Bonchev–Trinajstić information content (AvgIpc) is 2.68. The molecule has 1 aliphatic rings. The van der Waals surface area contributed by atoms with Crippen LogP contribution in [0, 0.1) is 0 Å². The Labute approximate surface area is 174 Å². The number of benzene rings is 2. The van der Waals surface area contributed by atoms with E-state index in [9.17, 15) is 17.2 Å². The molecule has 7 nitrogen and oxygen atoms in total. The fourth-order valence-electron chi connectivity index (χ4n) is 2.92. The van der Waals surface area contributed by atoms with E-state index in [1.165, 1.54) is 24.3 Å². The summed E-state index contributed by atoms with van der Waals surface area (Å²) in [6, 6.07) is 9.81. The molecule has 2 N–H and O–H groups in total. The SMILES string of the molecule is COc1ccc(NS(=O)(=O)c2ccc(OC(F)F)cc2)cc1N1CCNCC1.Cl. The summed E-state index contributed by atoms with van der Waals surface area (Å²) >= 11 is 0. The van der Waals surface area contributed by atoms with Gasteiger partial charge in [0.05, 0.1) is 23.4 Å². The molecule has 0 amide bonds. The van der Waals surface area contributed by atoms with E-state index in [-0.39, 0.29) is 23.1 Å². The Bertz CT molecular complexity index is 908. The van der Waals surface area contributed by atoms with Crippen LogP contribution >= 0.6 is 12.4 Å². The molecule has 0 aliphatic carbocycles. The number of anilines is 2. The molecule has 0 saturated carbocycles. The minimum Gasteiger partial charge on any atom is -0.495 e. The molecule has 29 heavy (non-hydrogen) atoms. The standard InChI is InChI=1S/C18H21F2N3O4S.ClH/c1-26-17-7-2-13(12-16(17)23-10-8-21-9-11-23)22-28(24,25)15-5-3-14(4-6-15)27-18(19)20;/h2-7,12,18,21-22H,8-11H2,1H3;1H. The summed E-state index contributed by atoms with van der Waals surface area (Å²) < 4.78 is 61.8. The molecule has 2 aromatic rings. The minimum atomic E-state index is -3.89. The van der Waals surface area contributed by atoms with Gasteiger partial charge < -0.3 is 19.7 Å². The number of alkyl halides is 2. The highest BCUT2D eigenvalue weighted by atomic mass is 35.5. The monoisotopic (exact) mass is 449 g/mol. The summed E-state index contributed by atoms with van der Waals surface area (Å²) in [6.45, 7) is 0.234. The van der Waals surface area contributed by atoms with Crippen molar-refractivity contribution in [1.82, 2.24) is 5.32 Å². The molecule has 1 saturated heterocycles. The van der Waals surface area contributed by atoms with Crippen molar-refractivity contribution in [3.8, 4) is 11.5 Å². The molecule has 2 aromatic carbocycles. The van der Waals surface area contributed by atoms with Crippen molar-refractivity contribution in [2.45, 2.75) is 11.5 Å². The number of sulfonamides is 1. The summed E-state index contributed by atoms with van der Waals surface area (Å²) in [4.78, 5) is 2.05. The van der Waals surface area contributed by atoms with E-state index in [0.717, 1.165) is 31.9 Å². The fourth-order valence-corrected chi connectivity index (χ4v) is 3.97.